The van der Waals surface area contributed by atoms with Gasteiger partial charge in [0.2, 0.25) is 0 Å². The van der Waals surface area contributed by atoms with Crippen molar-refractivity contribution in [3.63, 3.8) is 0 Å². The molecular formula is C11H13BrN4. The van der Waals surface area contributed by atoms with Crippen LogP contribution in [0.1, 0.15) is 11.4 Å². The number of hydrogen-bond acceptors (Lipinski definition) is 3. The van der Waals surface area contributed by atoms with Crippen molar-refractivity contribution in [1.82, 2.24) is 20.1 Å². The molecule has 0 amide bonds. The maximum absolute atomic E-state index is 4.07. The number of hydrogen-bond donors (Lipinski definition) is 1. The van der Waals surface area contributed by atoms with Crippen molar-refractivity contribution in [1.29, 1.82) is 0 Å². The minimum absolute atomic E-state index is 0.700. The molecule has 1 aromatic heterocycles. The maximum Gasteiger partial charge on any atom is 0.151 e. The molecule has 0 aliphatic heterocycles. The molecule has 0 radical (unpaired) electrons. The topological polar surface area (TPSA) is 42.7 Å². The van der Waals surface area contributed by atoms with Gasteiger partial charge in [0, 0.05) is 10.2 Å². The molecule has 1 aromatic carbocycles. The molecule has 16 heavy (non-hydrogen) atoms. The molecule has 0 aliphatic carbocycles. The van der Waals surface area contributed by atoms with Crippen molar-refractivity contribution in [3.05, 3.63) is 40.4 Å². The number of nitrogens with one attached hydrogen (secondary N) is 1. The number of halogens is 1. The first-order valence-corrected chi connectivity index (χ1v) is 5.81. The van der Waals surface area contributed by atoms with Crippen LogP contribution in [0.2, 0.25) is 0 Å². The molecule has 1 N–H and O–H groups in total. The Morgan fingerprint density at radius 2 is 2.25 bits per heavy atom. The van der Waals surface area contributed by atoms with E-state index in [-0.39, 0.29) is 0 Å². The Kier molecular flexibility index (Phi) is 3.36. The fourth-order valence-electron chi connectivity index (χ4n) is 1.48. The van der Waals surface area contributed by atoms with Crippen LogP contribution >= 0.6 is 15.9 Å². The van der Waals surface area contributed by atoms with Crippen LogP contribution in [0, 0.1) is 6.92 Å². The highest BCUT2D eigenvalue weighted by atomic mass is 79.9. The van der Waals surface area contributed by atoms with Crippen LogP contribution < -0.4 is 5.32 Å². The molecule has 84 valence electrons. The minimum atomic E-state index is 0.700. The van der Waals surface area contributed by atoms with E-state index in [1.54, 1.807) is 6.33 Å². The number of nitrogens with zero attached hydrogens (tertiary/aromatic N) is 3. The lowest BCUT2D eigenvalue weighted by Gasteiger charge is -2.07. The van der Waals surface area contributed by atoms with E-state index in [1.807, 2.05) is 11.6 Å². The fraction of sp³-hybridized carbons (Fsp3) is 0.273. The molecule has 0 spiro atoms. The van der Waals surface area contributed by atoms with Crippen molar-refractivity contribution in [3.8, 4) is 5.69 Å². The molecule has 0 saturated carbocycles. The zero-order chi connectivity index (χ0) is 11.5. The summed E-state index contributed by atoms with van der Waals surface area (Å²) in [4.78, 5) is 0. The van der Waals surface area contributed by atoms with Crippen molar-refractivity contribution < 1.29 is 0 Å². The van der Waals surface area contributed by atoms with E-state index in [4.69, 9.17) is 0 Å². The number of rotatable bonds is 3. The van der Waals surface area contributed by atoms with Gasteiger partial charge in [0.05, 0.1) is 6.54 Å². The van der Waals surface area contributed by atoms with E-state index < -0.39 is 0 Å². The Balaban J connectivity index is 2.42. The smallest absolute Gasteiger partial charge is 0.151 e. The van der Waals surface area contributed by atoms with Crippen LogP contribution in [0.5, 0.6) is 0 Å². The molecule has 5 heteroatoms. The summed E-state index contributed by atoms with van der Waals surface area (Å²) in [6.45, 7) is 2.76. The zero-order valence-electron chi connectivity index (χ0n) is 9.24. The molecule has 2 aromatic rings. The summed E-state index contributed by atoms with van der Waals surface area (Å²) >= 11 is 3.53. The third-order valence-corrected chi connectivity index (χ3v) is 3.24. The van der Waals surface area contributed by atoms with Gasteiger partial charge >= 0.3 is 0 Å². The normalized spacial score (nSPS) is 10.7. The summed E-state index contributed by atoms with van der Waals surface area (Å²) in [5, 5.41) is 11.1. The Bertz CT molecular complexity index is 492. The van der Waals surface area contributed by atoms with Gasteiger partial charge in [-0.25, -0.2) is 0 Å². The summed E-state index contributed by atoms with van der Waals surface area (Å²) < 4.78 is 3.06. The first-order chi connectivity index (χ1) is 7.72. The van der Waals surface area contributed by atoms with E-state index in [0.29, 0.717) is 6.54 Å². The van der Waals surface area contributed by atoms with Crippen molar-refractivity contribution in [2.45, 2.75) is 13.5 Å². The van der Waals surface area contributed by atoms with Crippen molar-refractivity contribution in [2.24, 2.45) is 0 Å². The molecule has 0 atom stereocenters. The number of aromatic nitrogens is 3. The molecule has 0 saturated heterocycles. The average Bonchev–Trinajstić information content (AvgIpc) is 2.71. The first kappa shape index (κ1) is 11.3. The van der Waals surface area contributed by atoms with E-state index >= 15 is 0 Å². The Labute approximate surface area is 103 Å². The van der Waals surface area contributed by atoms with Gasteiger partial charge < -0.3 is 5.32 Å². The standard InChI is InChI=1S/C11H13BrN4/c1-8-3-4-9(5-10(8)12)16-7-14-15-11(16)6-13-2/h3-5,7,13H,6H2,1-2H3. The van der Waals surface area contributed by atoms with Gasteiger partial charge in [0.1, 0.15) is 6.33 Å². The van der Waals surface area contributed by atoms with Crippen LogP contribution in [-0.4, -0.2) is 21.8 Å². The molecule has 0 unspecified atom stereocenters. The number of benzene rings is 1. The SMILES string of the molecule is CNCc1nncn1-c1ccc(C)c(Br)c1. The third kappa shape index (κ3) is 2.15. The van der Waals surface area contributed by atoms with Gasteiger partial charge in [-0.2, -0.15) is 0 Å². The summed E-state index contributed by atoms with van der Waals surface area (Å²) in [5.74, 6) is 0.901. The van der Waals surface area contributed by atoms with Gasteiger partial charge in [-0.15, -0.1) is 10.2 Å². The van der Waals surface area contributed by atoms with Gasteiger partial charge in [0.25, 0.3) is 0 Å². The molecule has 0 bridgehead atoms. The summed E-state index contributed by atoms with van der Waals surface area (Å²) in [6.07, 6.45) is 1.73. The van der Waals surface area contributed by atoms with Gasteiger partial charge in [-0.3, -0.25) is 4.57 Å². The Morgan fingerprint density at radius 3 is 2.94 bits per heavy atom. The summed E-state index contributed by atoms with van der Waals surface area (Å²) in [6, 6.07) is 6.20. The molecule has 0 fully saturated rings. The van der Waals surface area contributed by atoms with E-state index in [0.717, 1.165) is 16.0 Å². The second-order valence-electron chi connectivity index (χ2n) is 3.58. The van der Waals surface area contributed by atoms with Gasteiger partial charge in [0.15, 0.2) is 5.82 Å². The van der Waals surface area contributed by atoms with Gasteiger partial charge in [-0.05, 0) is 31.7 Å². The van der Waals surface area contributed by atoms with E-state index in [1.165, 1.54) is 5.56 Å². The van der Waals surface area contributed by atoms with E-state index in [9.17, 15) is 0 Å². The Hall–Kier alpha value is -1.20. The summed E-state index contributed by atoms with van der Waals surface area (Å²) in [7, 11) is 1.89. The first-order valence-electron chi connectivity index (χ1n) is 5.02. The summed E-state index contributed by atoms with van der Waals surface area (Å²) in [5.41, 5.74) is 2.28. The largest absolute Gasteiger partial charge is 0.313 e. The predicted molar refractivity (Wildman–Crippen MR) is 66.6 cm³/mol. The van der Waals surface area contributed by atoms with Crippen LogP contribution in [0.25, 0.3) is 5.69 Å². The molecule has 1 heterocycles. The van der Waals surface area contributed by atoms with Gasteiger partial charge in [-0.1, -0.05) is 22.0 Å². The van der Waals surface area contributed by atoms with E-state index in [2.05, 4.69) is 56.6 Å². The van der Waals surface area contributed by atoms with Crippen LogP contribution in [0.4, 0.5) is 0 Å². The Morgan fingerprint density at radius 1 is 1.44 bits per heavy atom. The second-order valence-corrected chi connectivity index (χ2v) is 4.44. The van der Waals surface area contributed by atoms with Crippen molar-refractivity contribution >= 4 is 15.9 Å². The molecule has 4 nitrogen and oxygen atoms in total. The van der Waals surface area contributed by atoms with Crippen LogP contribution in [0.15, 0.2) is 29.0 Å². The molecule has 2 rings (SSSR count). The average molecular weight is 281 g/mol. The second kappa shape index (κ2) is 4.76. The third-order valence-electron chi connectivity index (χ3n) is 2.39. The van der Waals surface area contributed by atoms with Crippen LogP contribution in [0.3, 0.4) is 0 Å². The lowest BCUT2D eigenvalue weighted by Crippen LogP contribution is -2.11. The van der Waals surface area contributed by atoms with Crippen LogP contribution in [-0.2, 0) is 6.54 Å². The highest BCUT2D eigenvalue weighted by Gasteiger charge is 2.06. The minimum Gasteiger partial charge on any atom is -0.313 e. The monoisotopic (exact) mass is 280 g/mol. The predicted octanol–water partition coefficient (Wildman–Crippen LogP) is 2.06. The lowest BCUT2D eigenvalue weighted by atomic mass is 10.2. The highest BCUT2D eigenvalue weighted by molar-refractivity contribution is 9.10. The number of aryl methyl sites for hydroxylation is 1. The quantitative estimate of drug-likeness (QED) is 0.936. The lowest BCUT2D eigenvalue weighted by molar-refractivity contribution is 0.737. The fourth-order valence-corrected chi connectivity index (χ4v) is 1.85. The molecule has 0 aliphatic rings. The maximum atomic E-state index is 4.07. The van der Waals surface area contributed by atoms with Crippen molar-refractivity contribution in [2.75, 3.05) is 7.05 Å². The highest BCUT2D eigenvalue weighted by Crippen LogP contribution is 2.20. The molecular weight excluding hydrogens is 268 g/mol. The zero-order valence-corrected chi connectivity index (χ0v) is 10.8.